The van der Waals surface area contributed by atoms with Crippen molar-refractivity contribution in [1.29, 1.82) is 0 Å². The van der Waals surface area contributed by atoms with E-state index in [9.17, 15) is 5.11 Å². The molecule has 2 aromatic rings. The van der Waals surface area contributed by atoms with Crippen LogP contribution in [0.1, 0.15) is 11.1 Å². The minimum Gasteiger partial charge on any atom is -0.399 e. The summed E-state index contributed by atoms with van der Waals surface area (Å²) in [6.45, 7) is 4.81. The highest BCUT2D eigenvalue weighted by Gasteiger charge is 2.10. The van der Waals surface area contributed by atoms with Crippen LogP contribution in [0.3, 0.4) is 0 Å². The molecule has 2 aromatic carbocycles. The first kappa shape index (κ1) is 19.9. The van der Waals surface area contributed by atoms with E-state index in [1.54, 1.807) is 7.11 Å². The third kappa shape index (κ3) is 5.54. The molecule has 0 spiro atoms. The van der Waals surface area contributed by atoms with E-state index in [0.717, 1.165) is 53.4 Å². The second-order valence-electron chi connectivity index (χ2n) is 6.34. The monoisotopic (exact) mass is 358 g/mol. The van der Waals surface area contributed by atoms with Crippen molar-refractivity contribution < 1.29 is 9.84 Å². The Morgan fingerprint density at radius 3 is 2.62 bits per heavy atom. The highest BCUT2D eigenvalue weighted by atomic mass is 16.5. The molecule has 0 aliphatic carbocycles. The number of nitrogens with one attached hydrogen (secondary N) is 1. The van der Waals surface area contributed by atoms with Crippen molar-refractivity contribution in [2.24, 2.45) is 0 Å². The largest absolute Gasteiger partial charge is 0.399 e. The third-order valence-corrected chi connectivity index (χ3v) is 4.39. The van der Waals surface area contributed by atoms with Gasteiger partial charge < -0.3 is 31.5 Å². The molecule has 6 N–H and O–H groups in total. The number of nitrogens with two attached hydrogens (primary N) is 2. The summed E-state index contributed by atoms with van der Waals surface area (Å²) in [5, 5.41) is 12.8. The summed E-state index contributed by atoms with van der Waals surface area (Å²) in [6.07, 6.45) is 0.809. The van der Waals surface area contributed by atoms with E-state index in [2.05, 4.69) is 16.3 Å². The van der Waals surface area contributed by atoms with Crippen molar-refractivity contribution in [1.82, 2.24) is 0 Å². The van der Waals surface area contributed by atoms with Gasteiger partial charge in [-0.25, -0.2) is 0 Å². The Morgan fingerprint density at radius 1 is 1.12 bits per heavy atom. The number of hydrogen-bond donors (Lipinski definition) is 4. The number of ether oxygens (including phenoxy) is 1. The van der Waals surface area contributed by atoms with Crippen molar-refractivity contribution in [3.8, 4) is 0 Å². The maximum absolute atomic E-state index is 9.45. The van der Waals surface area contributed by atoms with E-state index in [4.69, 9.17) is 16.2 Å². The van der Waals surface area contributed by atoms with Gasteiger partial charge in [0, 0.05) is 49.5 Å². The molecule has 0 atom stereocenters. The van der Waals surface area contributed by atoms with Gasteiger partial charge in [-0.15, -0.1) is 0 Å². The zero-order valence-corrected chi connectivity index (χ0v) is 15.7. The normalized spacial score (nSPS) is 10.7. The lowest BCUT2D eigenvalue weighted by Crippen LogP contribution is -2.29. The first-order valence-corrected chi connectivity index (χ1v) is 8.88. The summed E-state index contributed by atoms with van der Waals surface area (Å²) >= 11 is 0. The summed E-state index contributed by atoms with van der Waals surface area (Å²) in [5.41, 5.74) is 17.7. The molecule has 0 aliphatic heterocycles. The van der Waals surface area contributed by atoms with Crippen molar-refractivity contribution in [3.05, 3.63) is 47.5 Å². The van der Waals surface area contributed by atoms with Gasteiger partial charge in [0.05, 0.1) is 13.2 Å². The number of aliphatic hydroxyl groups excluding tert-OH is 1. The molecule has 26 heavy (non-hydrogen) atoms. The molecule has 6 heteroatoms. The number of anilines is 4. The zero-order chi connectivity index (χ0) is 18.9. The average molecular weight is 358 g/mol. The maximum atomic E-state index is 9.45. The predicted octanol–water partition coefficient (Wildman–Crippen LogP) is 2.26. The van der Waals surface area contributed by atoms with Crippen molar-refractivity contribution in [2.75, 3.05) is 61.6 Å². The molecule has 0 saturated heterocycles. The lowest BCUT2D eigenvalue weighted by molar-refractivity contribution is 0.211. The molecule has 0 unspecified atom stereocenters. The van der Waals surface area contributed by atoms with Crippen LogP contribution in [0.2, 0.25) is 0 Å². The molecular formula is C20H30N4O2. The van der Waals surface area contributed by atoms with Gasteiger partial charge in [0.1, 0.15) is 0 Å². The minimum absolute atomic E-state index is 0.0965. The smallest absolute Gasteiger partial charge is 0.0635 e. The fraction of sp³-hybridized carbons (Fsp3) is 0.400. The lowest BCUT2D eigenvalue weighted by atomic mass is 10.1. The molecule has 0 bridgehead atoms. The van der Waals surface area contributed by atoms with Crippen LogP contribution in [0, 0.1) is 6.92 Å². The molecule has 6 nitrogen and oxygen atoms in total. The van der Waals surface area contributed by atoms with Crippen LogP contribution >= 0.6 is 0 Å². The molecule has 0 heterocycles. The zero-order valence-electron chi connectivity index (χ0n) is 15.7. The van der Waals surface area contributed by atoms with Crippen LogP contribution < -0.4 is 21.7 Å². The maximum Gasteiger partial charge on any atom is 0.0635 e. The van der Waals surface area contributed by atoms with Gasteiger partial charge in [0.15, 0.2) is 0 Å². The van der Waals surface area contributed by atoms with E-state index in [0.29, 0.717) is 13.2 Å². The van der Waals surface area contributed by atoms with Crippen LogP contribution in [0.5, 0.6) is 0 Å². The van der Waals surface area contributed by atoms with Crippen molar-refractivity contribution in [3.63, 3.8) is 0 Å². The number of nitrogens with zero attached hydrogens (tertiary/aromatic N) is 1. The SMILES string of the molecule is COCCNc1ccc(N)cc1CCN(CCO)c1ccc(N)c(C)c1. The fourth-order valence-electron chi connectivity index (χ4n) is 2.88. The summed E-state index contributed by atoms with van der Waals surface area (Å²) < 4.78 is 5.10. The first-order chi connectivity index (χ1) is 12.5. The topological polar surface area (TPSA) is 96.8 Å². The van der Waals surface area contributed by atoms with Gasteiger partial charge in [-0.1, -0.05) is 0 Å². The van der Waals surface area contributed by atoms with Gasteiger partial charge >= 0.3 is 0 Å². The van der Waals surface area contributed by atoms with Crippen LogP contribution in [0.15, 0.2) is 36.4 Å². The highest BCUT2D eigenvalue weighted by Crippen LogP contribution is 2.23. The average Bonchev–Trinajstić information content (AvgIpc) is 2.63. The van der Waals surface area contributed by atoms with E-state index in [-0.39, 0.29) is 6.61 Å². The molecule has 0 fully saturated rings. The molecule has 0 saturated carbocycles. The molecular weight excluding hydrogens is 328 g/mol. The molecule has 0 aliphatic rings. The lowest BCUT2D eigenvalue weighted by Gasteiger charge is -2.25. The number of nitrogen functional groups attached to an aromatic ring is 2. The standard InChI is InChI=1S/C20H30N4O2/c1-15-13-18(4-5-19(15)22)24(10-11-25)9-7-16-14-17(21)3-6-20(16)23-8-12-26-2/h3-6,13-14,23,25H,7-12,21-22H2,1-2H3. The Hall–Kier alpha value is -2.44. The van der Waals surface area contributed by atoms with Gasteiger partial charge in [-0.3, -0.25) is 0 Å². The molecule has 142 valence electrons. The summed E-state index contributed by atoms with van der Waals surface area (Å²) in [4.78, 5) is 2.16. The summed E-state index contributed by atoms with van der Waals surface area (Å²) in [7, 11) is 1.69. The number of rotatable bonds is 10. The first-order valence-electron chi connectivity index (χ1n) is 8.88. The Bertz CT molecular complexity index is 706. The van der Waals surface area contributed by atoms with Crippen LogP contribution in [-0.2, 0) is 11.2 Å². The van der Waals surface area contributed by atoms with Crippen LogP contribution in [0.4, 0.5) is 22.7 Å². The van der Waals surface area contributed by atoms with Crippen molar-refractivity contribution >= 4 is 22.7 Å². The Labute approximate surface area is 155 Å². The van der Waals surface area contributed by atoms with Crippen molar-refractivity contribution in [2.45, 2.75) is 13.3 Å². The van der Waals surface area contributed by atoms with Crippen LogP contribution in [0.25, 0.3) is 0 Å². The Morgan fingerprint density at radius 2 is 1.92 bits per heavy atom. The van der Waals surface area contributed by atoms with E-state index >= 15 is 0 Å². The fourth-order valence-corrected chi connectivity index (χ4v) is 2.88. The van der Waals surface area contributed by atoms with Gasteiger partial charge in [0.2, 0.25) is 0 Å². The number of aryl methyl sites for hydroxylation is 1. The summed E-state index contributed by atoms with van der Waals surface area (Å²) in [5.74, 6) is 0. The second-order valence-corrected chi connectivity index (χ2v) is 6.34. The summed E-state index contributed by atoms with van der Waals surface area (Å²) in [6, 6.07) is 11.9. The molecule has 2 rings (SSSR count). The van der Waals surface area contributed by atoms with E-state index in [1.165, 1.54) is 0 Å². The number of aliphatic hydroxyl groups is 1. The quantitative estimate of drug-likeness (QED) is 0.384. The molecule has 0 radical (unpaired) electrons. The Balaban J connectivity index is 2.12. The van der Waals surface area contributed by atoms with Gasteiger partial charge in [0.25, 0.3) is 0 Å². The minimum atomic E-state index is 0.0965. The van der Waals surface area contributed by atoms with E-state index in [1.807, 2.05) is 37.3 Å². The predicted molar refractivity (Wildman–Crippen MR) is 110 cm³/mol. The van der Waals surface area contributed by atoms with Gasteiger partial charge in [-0.05, 0) is 60.9 Å². The second kappa shape index (κ2) is 9.89. The Kier molecular flexibility index (Phi) is 7.56. The number of hydrogen-bond acceptors (Lipinski definition) is 6. The van der Waals surface area contributed by atoms with Gasteiger partial charge in [-0.2, -0.15) is 0 Å². The van der Waals surface area contributed by atoms with E-state index < -0.39 is 0 Å². The highest BCUT2D eigenvalue weighted by molar-refractivity contribution is 5.60. The molecule has 0 amide bonds. The number of benzene rings is 2. The third-order valence-electron chi connectivity index (χ3n) is 4.39. The number of methoxy groups -OCH3 is 1. The van der Waals surface area contributed by atoms with Crippen LogP contribution in [-0.4, -0.2) is 45.1 Å². The molecule has 0 aromatic heterocycles.